The lowest BCUT2D eigenvalue weighted by molar-refractivity contribution is 0.208. The number of amides is 2. The summed E-state index contributed by atoms with van der Waals surface area (Å²) in [4.78, 5) is 25.7. The minimum atomic E-state index is -0.0458. The molecule has 0 bridgehead atoms. The summed E-state index contributed by atoms with van der Waals surface area (Å²) < 4.78 is 0. The molecule has 3 rings (SSSR count). The van der Waals surface area contributed by atoms with E-state index >= 15 is 0 Å². The number of nitrogens with zero attached hydrogens (tertiary/aromatic N) is 4. The predicted molar refractivity (Wildman–Crippen MR) is 110 cm³/mol. The van der Waals surface area contributed by atoms with Gasteiger partial charge in [-0.05, 0) is 44.9 Å². The summed E-state index contributed by atoms with van der Waals surface area (Å²) in [5.41, 5.74) is 4.10. The molecule has 1 fully saturated rings. The molecule has 7 nitrogen and oxygen atoms in total. The van der Waals surface area contributed by atoms with Crippen molar-refractivity contribution in [2.24, 2.45) is 0 Å². The number of hydrogen-bond acceptors (Lipinski definition) is 5. The number of aryl methyl sites for hydroxylation is 2. The first-order chi connectivity index (χ1) is 13.0. The first-order valence-corrected chi connectivity index (χ1v) is 9.44. The van der Waals surface area contributed by atoms with Crippen molar-refractivity contribution >= 4 is 23.5 Å². The molecule has 1 aliphatic heterocycles. The van der Waals surface area contributed by atoms with Crippen molar-refractivity contribution in [3.8, 4) is 0 Å². The minimum Gasteiger partial charge on any atom is -0.354 e. The molecule has 0 saturated carbocycles. The molecule has 144 valence electrons. The molecule has 2 amide bonds. The van der Waals surface area contributed by atoms with E-state index in [0.29, 0.717) is 19.0 Å². The third-order valence-electron chi connectivity index (χ3n) is 4.91. The second-order valence-electron chi connectivity index (χ2n) is 6.87. The van der Waals surface area contributed by atoms with Gasteiger partial charge in [-0.15, -0.1) is 0 Å². The highest BCUT2D eigenvalue weighted by Gasteiger charge is 2.23. The number of carbonyl (C=O) groups is 1. The van der Waals surface area contributed by atoms with E-state index < -0.39 is 0 Å². The Morgan fingerprint density at radius 2 is 1.85 bits per heavy atom. The zero-order chi connectivity index (χ0) is 19.4. The lowest BCUT2D eigenvalue weighted by Gasteiger charge is -2.35. The average Bonchev–Trinajstić information content (AvgIpc) is 2.65. The summed E-state index contributed by atoms with van der Waals surface area (Å²) in [6.07, 6.45) is 0. The second kappa shape index (κ2) is 8.24. The smallest absolute Gasteiger partial charge is 0.321 e. The van der Waals surface area contributed by atoms with Gasteiger partial charge in [0.15, 0.2) is 0 Å². The third kappa shape index (κ3) is 4.48. The van der Waals surface area contributed by atoms with Gasteiger partial charge in [0.05, 0.1) is 0 Å². The maximum atomic E-state index is 12.6. The van der Waals surface area contributed by atoms with Gasteiger partial charge in [-0.3, -0.25) is 0 Å². The molecule has 1 aromatic carbocycles. The Labute approximate surface area is 160 Å². The highest BCUT2D eigenvalue weighted by atomic mass is 16.2. The summed E-state index contributed by atoms with van der Waals surface area (Å²) in [6.45, 7) is 11.7. The number of carbonyl (C=O) groups excluding carboxylic acids is 1. The van der Waals surface area contributed by atoms with Crippen LogP contribution in [0.3, 0.4) is 0 Å². The van der Waals surface area contributed by atoms with Crippen LogP contribution in [-0.2, 0) is 0 Å². The number of anilines is 3. The van der Waals surface area contributed by atoms with Gasteiger partial charge < -0.3 is 20.4 Å². The standard InChI is InChI=1S/C20H28N6O/c1-5-21-19-22-15(3)13-18(24-19)25-9-11-26(12-10-25)20(27)23-17-8-6-7-14(2)16(17)4/h6-8,13H,5,9-12H2,1-4H3,(H,23,27)(H,21,22,24). The number of rotatable bonds is 4. The van der Waals surface area contributed by atoms with Crippen LogP contribution in [0.1, 0.15) is 23.7 Å². The van der Waals surface area contributed by atoms with Crippen LogP contribution in [0.4, 0.5) is 22.2 Å². The number of aromatic nitrogens is 2. The quantitative estimate of drug-likeness (QED) is 0.867. The Hall–Kier alpha value is -2.83. The highest BCUT2D eigenvalue weighted by molar-refractivity contribution is 5.90. The molecule has 1 aliphatic rings. The van der Waals surface area contributed by atoms with Crippen molar-refractivity contribution in [2.75, 3.05) is 48.3 Å². The summed E-state index contributed by atoms with van der Waals surface area (Å²) in [5.74, 6) is 1.57. The number of nitrogens with one attached hydrogen (secondary N) is 2. The molecular formula is C20H28N6O. The fourth-order valence-corrected chi connectivity index (χ4v) is 3.17. The normalized spacial score (nSPS) is 14.2. The maximum absolute atomic E-state index is 12.6. The van der Waals surface area contributed by atoms with Gasteiger partial charge in [-0.2, -0.15) is 4.98 Å². The Morgan fingerprint density at radius 1 is 1.11 bits per heavy atom. The number of piperazine rings is 1. The van der Waals surface area contributed by atoms with Crippen molar-refractivity contribution < 1.29 is 4.79 Å². The molecule has 7 heteroatoms. The van der Waals surface area contributed by atoms with Crippen molar-refractivity contribution in [3.63, 3.8) is 0 Å². The fourth-order valence-electron chi connectivity index (χ4n) is 3.17. The summed E-state index contributed by atoms with van der Waals surface area (Å²) in [6, 6.07) is 7.91. The Morgan fingerprint density at radius 3 is 2.56 bits per heavy atom. The van der Waals surface area contributed by atoms with Crippen LogP contribution in [0.15, 0.2) is 24.3 Å². The summed E-state index contributed by atoms with van der Waals surface area (Å²) in [7, 11) is 0. The topological polar surface area (TPSA) is 73.4 Å². The van der Waals surface area contributed by atoms with E-state index in [1.807, 2.05) is 43.9 Å². The first-order valence-electron chi connectivity index (χ1n) is 9.44. The molecule has 0 unspecified atom stereocenters. The summed E-state index contributed by atoms with van der Waals surface area (Å²) >= 11 is 0. The van der Waals surface area contributed by atoms with E-state index in [1.165, 1.54) is 5.56 Å². The first kappa shape index (κ1) is 18.9. The van der Waals surface area contributed by atoms with Gasteiger partial charge in [-0.1, -0.05) is 12.1 Å². The van der Waals surface area contributed by atoms with E-state index in [-0.39, 0.29) is 6.03 Å². The molecule has 0 aliphatic carbocycles. The van der Waals surface area contributed by atoms with Crippen molar-refractivity contribution in [2.45, 2.75) is 27.7 Å². The lowest BCUT2D eigenvalue weighted by Crippen LogP contribution is -2.50. The Balaban J connectivity index is 1.61. The van der Waals surface area contributed by atoms with Crippen LogP contribution in [0.5, 0.6) is 0 Å². The molecule has 27 heavy (non-hydrogen) atoms. The van der Waals surface area contributed by atoms with Gasteiger partial charge >= 0.3 is 6.03 Å². The van der Waals surface area contributed by atoms with E-state index in [1.54, 1.807) is 0 Å². The summed E-state index contributed by atoms with van der Waals surface area (Å²) in [5, 5.41) is 6.21. The molecule has 0 atom stereocenters. The lowest BCUT2D eigenvalue weighted by atomic mass is 10.1. The van der Waals surface area contributed by atoms with E-state index in [9.17, 15) is 4.79 Å². The molecule has 2 N–H and O–H groups in total. The largest absolute Gasteiger partial charge is 0.354 e. The monoisotopic (exact) mass is 368 g/mol. The maximum Gasteiger partial charge on any atom is 0.321 e. The van der Waals surface area contributed by atoms with Gasteiger partial charge in [-0.25, -0.2) is 9.78 Å². The van der Waals surface area contributed by atoms with E-state index in [4.69, 9.17) is 0 Å². The number of hydrogen-bond donors (Lipinski definition) is 2. The minimum absolute atomic E-state index is 0.0458. The average molecular weight is 368 g/mol. The van der Waals surface area contributed by atoms with E-state index in [0.717, 1.165) is 42.4 Å². The molecular weight excluding hydrogens is 340 g/mol. The molecule has 2 heterocycles. The number of urea groups is 1. The van der Waals surface area contributed by atoms with Crippen molar-refractivity contribution in [1.29, 1.82) is 0 Å². The molecule has 0 spiro atoms. The van der Waals surface area contributed by atoms with Crippen LogP contribution < -0.4 is 15.5 Å². The predicted octanol–water partition coefficient (Wildman–Crippen LogP) is 3.19. The third-order valence-corrected chi connectivity index (χ3v) is 4.91. The number of benzene rings is 1. The molecule has 0 radical (unpaired) electrons. The Kier molecular flexibility index (Phi) is 5.78. The second-order valence-corrected chi connectivity index (χ2v) is 6.87. The van der Waals surface area contributed by atoms with Gasteiger partial charge in [0.1, 0.15) is 5.82 Å². The molecule has 1 aromatic heterocycles. The zero-order valence-electron chi connectivity index (χ0n) is 16.5. The van der Waals surface area contributed by atoms with E-state index in [2.05, 4.69) is 38.5 Å². The van der Waals surface area contributed by atoms with Crippen LogP contribution in [0.2, 0.25) is 0 Å². The molecule has 2 aromatic rings. The Bertz CT molecular complexity index is 814. The van der Waals surface area contributed by atoms with Gasteiger partial charge in [0.25, 0.3) is 0 Å². The fraction of sp³-hybridized carbons (Fsp3) is 0.450. The molecule has 1 saturated heterocycles. The highest BCUT2D eigenvalue weighted by Crippen LogP contribution is 2.20. The van der Waals surface area contributed by atoms with Crippen LogP contribution in [0, 0.1) is 20.8 Å². The van der Waals surface area contributed by atoms with Crippen LogP contribution in [0.25, 0.3) is 0 Å². The van der Waals surface area contributed by atoms with Crippen molar-refractivity contribution in [1.82, 2.24) is 14.9 Å². The zero-order valence-corrected chi connectivity index (χ0v) is 16.5. The van der Waals surface area contributed by atoms with Crippen LogP contribution >= 0.6 is 0 Å². The van der Waals surface area contributed by atoms with Gasteiger partial charge in [0, 0.05) is 50.2 Å². The van der Waals surface area contributed by atoms with Gasteiger partial charge in [0.2, 0.25) is 5.95 Å². The van der Waals surface area contributed by atoms with Crippen molar-refractivity contribution in [3.05, 3.63) is 41.1 Å². The SMILES string of the molecule is CCNc1nc(C)cc(N2CCN(C(=O)Nc3cccc(C)c3C)CC2)n1. The van der Waals surface area contributed by atoms with Crippen LogP contribution in [-0.4, -0.2) is 53.6 Å².